The third-order valence-corrected chi connectivity index (χ3v) is 5.02. The van der Waals surface area contributed by atoms with Crippen molar-refractivity contribution in [1.29, 1.82) is 0 Å². The van der Waals surface area contributed by atoms with Crippen LogP contribution in [0.3, 0.4) is 0 Å². The molecule has 0 aliphatic rings. The van der Waals surface area contributed by atoms with Crippen LogP contribution in [0.5, 0.6) is 5.75 Å². The summed E-state index contributed by atoms with van der Waals surface area (Å²) in [6, 6.07) is 6.28. The van der Waals surface area contributed by atoms with Gasteiger partial charge in [-0.05, 0) is 55.0 Å². The number of aryl methyl sites for hydroxylation is 2. The van der Waals surface area contributed by atoms with E-state index in [1.165, 1.54) is 0 Å². The molecule has 0 aliphatic heterocycles. The fourth-order valence-electron chi connectivity index (χ4n) is 2.13. The van der Waals surface area contributed by atoms with Crippen molar-refractivity contribution in [1.82, 2.24) is 15.1 Å². The maximum absolute atomic E-state index is 6.02. The average Bonchev–Trinajstić information content (AvgIpc) is 2.70. The van der Waals surface area contributed by atoms with Gasteiger partial charge in [0.1, 0.15) is 12.4 Å². The highest BCUT2D eigenvalue weighted by molar-refractivity contribution is 9.10. The van der Waals surface area contributed by atoms with Crippen molar-refractivity contribution in [3.8, 4) is 5.75 Å². The molecule has 1 N–H and O–H groups in total. The first kappa shape index (κ1) is 16.5. The van der Waals surface area contributed by atoms with E-state index in [9.17, 15) is 0 Å². The number of nitrogens with zero attached hydrogens (tertiary/aromatic N) is 2. The second-order valence-electron chi connectivity index (χ2n) is 4.95. The van der Waals surface area contributed by atoms with Gasteiger partial charge in [0.25, 0.3) is 0 Å². The van der Waals surface area contributed by atoms with Crippen molar-refractivity contribution in [2.75, 3.05) is 7.05 Å². The second kappa shape index (κ2) is 6.94. The van der Waals surface area contributed by atoms with Gasteiger partial charge in [0.15, 0.2) is 0 Å². The Balaban J connectivity index is 2.24. The highest BCUT2D eigenvalue weighted by atomic mass is 79.9. The number of halogens is 2. The number of benzene rings is 1. The van der Waals surface area contributed by atoms with Gasteiger partial charge in [-0.1, -0.05) is 15.9 Å². The number of ether oxygens (including phenoxy) is 1. The van der Waals surface area contributed by atoms with Gasteiger partial charge in [0, 0.05) is 23.1 Å². The summed E-state index contributed by atoms with van der Waals surface area (Å²) in [4.78, 5) is 0. The molecule has 1 atom stereocenters. The maximum Gasteiger partial charge on any atom is 0.131 e. The summed E-state index contributed by atoms with van der Waals surface area (Å²) in [5.74, 6) is 0.880. The SMILES string of the molecule is CNC(C)c1cc(Br)ccc1OCc1c(Br)c(C)nn1C. The summed E-state index contributed by atoms with van der Waals surface area (Å²) in [6.45, 7) is 4.56. The number of hydrogen-bond donors (Lipinski definition) is 1. The summed E-state index contributed by atoms with van der Waals surface area (Å²) in [7, 11) is 3.87. The Labute approximate surface area is 142 Å². The molecule has 0 fully saturated rings. The Hall–Kier alpha value is -0.850. The van der Waals surface area contributed by atoms with Crippen molar-refractivity contribution < 1.29 is 4.74 Å². The summed E-state index contributed by atoms with van der Waals surface area (Å²) >= 11 is 7.08. The Morgan fingerprint density at radius 1 is 1.38 bits per heavy atom. The predicted octanol–water partition coefficient (Wildman–Crippen LogP) is 4.11. The molecule has 0 saturated carbocycles. The molecule has 4 nitrogen and oxygen atoms in total. The monoisotopic (exact) mass is 415 g/mol. The lowest BCUT2D eigenvalue weighted by molar-refractivity contribution is 0.288. The van der Waals surface area contributed by atoms with Crippen molar-refractivity contribution in [2.45, 2.75) is 26.5 Å². The van der Waals surface area contributed by atoms with Gasteiger partial charge in [0.05, 0.1) is 15.9 Å². The molecule has 1 aromatic heterocycles. The smallest absolute Gasteiger partial charge is 0.131 e. The largest absolute Gasteiger partial charge is 0.487 e. The highest BCUT2D eigenvalue weighted by Crippen LogP contribution is 2.30. The van der Waals surface area contributed by atoms with E-state index in [1.54, 1.807) is 0 Å². The molecule has 1 unspecified atom stereocenters. The summed E-state index contributed by atoms with van der Waals surface area (Å²) in [6.07, 6.45) is 0. The quantitative estimate of drug-likeness (QED) is 0.796. The van der Waals surface area contributed by atoms with Crippen molar-refractivity contribution in [3.63, 3.8) is 0 Å². The van der Waals surface area contributed by atoms with E-state index >= 15 is 0 Å². The van der Waals surface area contributed by atoms with E-state index in [2.05, 4.69) is 55.3 Å². The van der Waals surface area contributed by atoms with Crippen LogP contribution in [0.2, 0.25) is 0 Å². The molecule has 0 aliphatic carbocycles. The van der Waals surface area contributed by atoms with E-state index in [-0.39, 0.29) is 6.04 Å². The zero-order valence-corrected chi connectivity index (χ0v) is 15.7. The van der Waals surface area contributed by atoms with Crippen LogP contribution < -0.4 is 10.1 Å². The predicted molar refractivity (Wildman–Crippen MR) is 91.6 cm³/mol. The van der Waals surface area contributed by atoms with E-state index < -0.39 is 0 Å². The first-order valence-electron chi connectivity index (χ1n) is 6.71. The molecule has 6 heteroatoms. The van der Waals surface area contributed by atoms with Gasteiger partial charge < -0.3 is 10.1 Å². The fraction of sp³-hybridized carbons (Fsp3) is 0.400. The highest BCUT2D eigenvalue weighted by Gasteiger charge is 2.14. The number of nitrogens with one attached hydrogen (secondary N) is 1. The van der Waals surface area contributed by atoms with E-state index in [4.69, 9.17) is 4.74 Å². The third-order valence-electron chi connectivity index (χ3n) is 3.50. The van der Waals surface area contributed by atoms with E-state index in [0.717, 1.165) is 31.6 Å². The molecular formula is C15H19Br2N3O. The van der Waals surface area contributed by atoms with Crippen LogP contribution in [0.15, 0.2) is 27.1 Å². The molecule has 114 valence electrons. The molecule has 0 saturated heterocycles. The Morgan fingerprint density at radius 2 is 2.10 bits per heavy atom. The fourth-order valence-corrected chi connectivity index (χ4v) is 2.96. The molecule has 0 spiro atoms. The lowest BCUT2D eigenvalue weighted by atomic mass is 10.1. The Bertz CT molecular complexity index is 640. The van der Waals surface area contributed by atoms with Gasteiger partial charge in [0.2, 0.25) is 0 Å². The summed E-state index contributed by atoms with van der Waals surface area (Å²) < 4.78 is 9.92. The van der Waals surface area contributed by atoms with Crippen LogP contribution in [0.4, 0.5) is 0 Å². The molecular weight excluding hydrogens is 398 g/mol. The third kappa shape index (κ3) is 3.67. The van der Waals surface area contributed by atoms with Gasteiger partial charge in [-0.15, -0.1) is 0 Å². The van der Waals surface area contributed by atoms with Crippen LogP contribution in [0, 0.1) is 6.92 Å². The lowest BCUT2D eigenvalue weighted by Gasteiger charge is -2.17. The molecule has 0 radical (unpaired) electrons. The maximum atomic E-state index is 6.02. The second-order valence-corrected chi connectivity index (χ2v) is 6.66. The van der Waals surface area contributed by atoms with Crippen LogP contribution in [-0.2, 0) is 13.7 Å². The zero-order valence-electron chi connectivity index (χ0n) is 12.6. The first-order chi connectivity index (χ1) is 9.93. The molecule has 1 aromatic carbocycles. The van der Waals surface area contributed by atoms with Crippen molar-refractivity contribution >= 4 is 31.9 Å². The van der Waals surface area contributed by atoms with Crippen LogP contribution in [0.25, 0.3) is 0 Å². The van der Waals surface area contributed by atoms with Crippen LogP contribution >= 0.6 is 31.9 Å². The van der Waals surface area contributed by atoms with Gasteiger partial charge in [-0.25, -0.2) is 0 Å². The standard InChI is InChI=1S/C15H19Br2N3O/c1-9(18-3)12-7-11(16)5-6-14(12)21-8-13-15(17)10(2)19-20(13)4/h5-7,9,18H,8H2,1-4H3. The minimum Gasteiger partial charge on any atom is -0.487 e. The molecule has 0 amide bonds. The van der Waals surface area contributed by atoms with Crippen LogP contribution in [-0.4, -0.2) is 16.8 Å². The topological polar surface area (TPSA) is 39.1 Å². The molecule has 21 heavy (non-hydrogen) atoms. The Morgan fingerprint density at radius 3 is 2.67 bits per heavy atom. The average molecular weight is 417 g/mol. The van der Waals surface area contributed by atoms with Gasteiger partial charge in [-0.2, -0.15) is 5.10 Å². The van der Waals surface area contributed by atoms with Gasteiger partial charge in [-0.3, -0.25) is 4.68 Å². The Kier molecular flexibility index (Phi) is 5.46. The number of rotatable bonds is 5. The van der Waals surface area contributed by atoms with E-state index in [1.807, 2.05) is 37.8 Å². The summed E-state index contributed by atoms with van der Waals surface area (Å²) in [5.41, 5.74) is 3.12. The normalized spacial score (nSPS) is 12.5. The van der Waals surface area contributed by atoms with Crippen LogP contribution in [0.1, 0.15) is 29.9 Å². The van der Waals surface area contributed by atoms with Crippen molar-refractivity contribution in [2.24, 2.45) is 7.05 Å². The molecule has 1 heterocycles. The van der Waals surface area contributed by atoms with Gasteiger partial charge >= 0.3 is 0 Å². The number of aromatic nitrogens is 2. The molecule has 2 aromatic rings. The van der Waals surface area contributed by atoms with E-state index in [0.29, 0.717) is 6.61 Å². The van der Waals surface area contributed by atoms with Crippen molar-refractivity contribution in [3.05, 3.63) is 44.1 Å². The minimum atomic E-state index is 0.217. The number of hydrogen-bond acceptors (Lipinski definition) is 3. The molecule has 2 rings (SSSR count). The lowest BCUT2D eigenvalue weighted by Crippen LogP contribution is -2.14. The zero-order chi connectivity index (χ0) is 15.6. The first-order valence-corrected chi connectivity index (χ1v) is 8.30. The molecule has 0 bridgehead atoms. The summed E-state index contributed by atoms with van der Waals surface area (Å²) in [5, 5.41) is 7.63. The minimum absolute atomic E-state index is 0.217.